The highest BCUT2D eigenvalue weighted by atomic mass is 32.2. The molecule has 0 radical (unpaired) electrons. The molecule has 0 saturated heterocycles. The number of aromatic nitrogens is 1. The summed E-state index contributed by atoms with van der Waals surface area (Å²) in [4.78, 5) is 18.1. The van der Waals surface area contributed by atoms with Gasteiger partial charge in [0.2, 0.25) is 0 Å². The molecule has 0 spiro atoms. The predicted octanol–water partition coefficient (Wildman–Crippen LogP) is 2.81. The third-order valence-corrected chi connectivity index (χ3v) is 5.12. The van der Waals surface area contributed by atoms with Gasteiger partial charge in [-0.2, -0.15) is 0 Å². The fourth-order valence-electron chi connectivity index (χ4n) is 1.84. The van der Waals surface area contributed by atoms with E-state index in [1.54, 1.807) is 41.9 Å². The van der Waals surface area contributed by atoms with Crippen LogP contribution in [-0.2, 0) is 23.6 Å². The molecule has 2 amide bonds. The van der Waals surface area contributed by atoms with Crippen LogP contribution < -0.4 is 10.6 Å². The molecule has 0 saturated carbocycles. The molecule has 0 fully saturated rings. The first-order valence-electron chi connectivity index (χ1n) is 7.00. The average Bonchev–Trinajstić information content (AvgIpc) is 2.95. The number of thiazole rings is 1. The summed E-state index contributed by atoms with van der Waals surface area (Å²) < 4.78 is 11.4. The molecule has 118 valence electrons. The molecule has 5 nitrogen and oxygen atoms in total. The summed E-state index contributed by atoms with van der Waals surface area (Å²) in [6.07, 6.45) is 5.20. The Morgan fingerprint density at radius 2 is 2.23 bits per heavy atom. The number of benzene rings is 1. The summed E-state index contributed by atoms with van der Waals surface area (Å²) in [5, 5.41) is 6.56. The second-order valence-corrected chi connectivity index (χ2v) is 7.27. The van der Waals surface area contributed by atoms with Gasteiger partial charge in [-0.1, -0.05) is 13.0 Å². The Labute approximate surface area is 136 Å². The van der Waals surface area contributed by atoms with E-state index in [0.29, 0.717) is 17.1 Å². The molecule has 0 aliphatic rings. The third-order valence-electron chi connectivity index (χ3n) is 3.00. The van der Waals surface area contributed by atoms with Gasteiger partial charge in [-0.15, -0.1) is 11.3 Å². The molecule has 1 aromatic carbocycles. The quantitative estimate of drug-likeness (QED) is 0.851. The Kier molecular flexibility index (Phi) is 6.09. The fourth-order valence-corrected chi connectivity index (χ4v) is 3.26. The van der Waals surface area contributed by atoms with E-state index in [9.17, 15) is 9.00 Å². The fraction of sp³-hybridized carbons (Fsp3) is 0.333. The van der Waals surface area contributed by atoms with E-state index in [4.69, 9.17) is 0 Å². The van der Waals surface area contributed by atoms with Crippen molar-refractivity contribution in [3.8, 4) is 0 Å². The van der Waals surface area contributed by atoms with Crippen molar-refractivity contribution in [1.82, 2.24) is 10.3 Å². The molecule has 2 rings (SSSR count). The number of anilines is 1. The molecule has 1 aromatic heterocycles. The molecule has 2 aromatic rings. The lowest BCUT2D eigenvalue weighted by Crippen LogP contribution is -2.30. The molecule has 0 aliphatic heterocycles. The van der Waals surface area contributed by atoms with Gasteiger partial charge in [0.1, 0.15) is 0 Å². The van der Waals surface area contributed by atoms with Crippen LogP contribution in [0.5, 0.6) is 0 Å². The first-order valence-corrected chi connectivity index (χ1v) is 9.38. The van der Waals surface area contributed by atoms with Crippen molar-refractivity contribution in [2.75, 3.05) is 18.1 Å². The second kappa shape index (κ2) is 8.05. The summed E-state index contributed by atoms with van der Waals surface area (Å²) in [6.45, 7) is 2.63. The van der Waals surface area contributed by atoms with E-state index >= 15 is 0 Å². The van der Waals surface area contributed by atoms with Gasteiger partial charge in [-0.25, -0.2) is 9.78 Å². The van der Waals surface area contributed by atoms with Gasteiger partial charge >= 0.3 is 6.03 Å². The Morgan fingerprint density at radius 3 is 2.91 bits per heavy atom. The molecule has 0 aliphatic carbocycles. The standard InChI is InChI=1S/C15H19N3O2S2/c1-3-12-10-17-14(21-12)7-8-16-15(19)18-11-5-4-6-13(9-11)22(2)20/h4-6,9-10H,3,7-8H2,1-2H3,(H2,16,18,19)/t22-/m0/s1. The van der Waals surface area contributed by atoms with Gasteiger partial charge in [0.25, 0.3) is 0 Å². The molecular weight excluding hydrogens is 318 g/mol. The normalized spacial score (nSPS) is 11.9. The van der Waals surface area contributed by atoms with Crippen LogP contribution in [0.2, 0.25) is 0 Å². The van der Waals surface area contributed by atoms with E-state index in [0.717, 1.165) is 17.8 Å². The number of carbonyl (C=O) groups excluding carboxylic acids is 1. The molecule has 0 unspecified atom stereocenters. The van der Waals surface area contributed by atoms with Gasteiger partial charge in [-0.05, 0) is 24.6 Å². The maximum atomic E-state index is 11.8. The van der Waals surface area contributed by atoms with Crippen LogP contribution in [0.1, 0.15) is 16.8 Å². The topological polar surface area (TPSA) is 71.1 Å². The molecular formula is C15H19N3O2S2. The number of rotatable bonds is 6. The predicted molar refractivity (Wildman–Crippen MR) is 91.0 cm³/mol. The van der Waals surface area contributed by atoms with Crippen LogP contribution in [0.25, 0.3) is 0 Å². The summed E-state index contributed by atoms with van der Waals surface area (Å²) >= 11 is 1.68. The highest BCUT2D eigenvalue weighted by Gasteiger charge is 2.05. The van der Waals surface area contributed by atoms with Crippen LogP contribution in [0, 0.1) is 0 Å². The van der Waals surface area contributed by atoms with Gasteiger partial charge in [0, 0.05) is 51.7 Å². The minimum absolute atomic E-state index is 0.272. The number of hydrogen-bond acceptors (Lipinski definition) is 4. The zero-order valence-corrected chi connectivity index (χ0v) is 14.2. The number of nitrogens with zero attached hydrogens (tertiary/aromatic N) is 1. The number of nitrogens with one attached hydrogen (secondary N) is 2. The van der Waals surface area contributed by atoms with E-state index in [1.165, 1.54) is 4.88 Å². The molecule has 22 heavy (non-hydrogen) atoms. The SMILES string of the molecule is CCc1cnc(CCNC(=O)Nc2cccc([S@](C)=O)c2)s1. The zero-order chi connectivity index (χ0) is 15.9. The number of amides is 2. The lowest BCUT2D eigenvalue weighted by molar-refractivity contribution is 0.252. The van der Waals surface area contributed by atoms with Gasteiger partial charge in [0.15, 0.2) is 0 Å². The molecule has 7 heteroatoms. The Bertz CT molecular complexity index is 670. The maximum Gasteiger partial charge on any atom is 0.319 e. The highest BCUT2D eigenvalue weighted by molar-refractivity contribution is 7.84. The van der Waals surface area contributed by atoms with E-state index in [1.807, 2.05) is 6.20 Å². The van der Waals surface area contributed by atoms with Crippen molar-refractivity contribution in [3.63, 3.8) is 0 Å². The minimum Gasteiger partial charge on any atom is -0.337 e. The lowest BCUT2D eigenvalue weighted by atomic mass is 10.3. The zero-order valence-electron chi connectivity index (χ0n) is 12.6. The average molecular weight is 337 g/mol. The number of hydrogen-bond donors (Lipinski definition) is 2. The monoisotopic (exact) mass is 337 g/mol. The summed E-state index contributed by atoms with van der Waals surface area (Å²) in [7, 11) is -1.06. The van der Waals surface area contributed by atoms with Crippen molar-refractivity contribution in [3.05, 3.63) is 40.3 Å². The van der Waals surface area contributed by atoms with E-state index in [-0.39, 0.29) is 6.03 Å². The van der Waals surface area contributed by atoms with Crippen molar-refractivity contribution in [2.45, 2.75) is 24.7 Å². The van der Waals surface area contributed by atoms with Crippen molar-refractivity contribution in [2.24, 2.45) is 0 Å². The van der Waals surface area contributed by atoms with E-state index < -0.39 is 10.8 Å². The smallest absolute Gasteiger partial charge is 0.319 e. The lowest BCUT2D eigenvalue weighted by Gasteiger charge is -2.07. The molecule has 2 N–H and O–H groups in total. The van der Waals surface area contributed by atoms with Crippen molar-refractivity contribution in [1.29, 1.82) is 0 Å². The highest BCUT2D eigenvalue weighted by Crippen LogP contribution is 2.14. The first-order chi connectivity index (χ1) is 10.6. The van der Waals surface area contributed by atoms with Crippen LogP contribution in [-0.4, -0.2) is 28.0 Å². The first kappa shape index (κ1) is 16.6. The maximum absolute atomic E-state index is 11.8. The number of urea groups is 1. The summed E-state index contributed by atoms with van der Waals surface area (Å²) in [6, 6.07) is 6.75. The Balaban J connectivity index is 1.80. The largest absolute Gasteiger partial charge is 0.337 e. The summed E-state index contributed by atoms with van der Waals surface area (Å²) in [5.74, 6) is 0. The number of carbonyl (C=O) groups is 1. The number of aryl methyl sites for hydroxylation is 1. The van der Waals surface area contributed by atoms with Crippen LogP contribution in [0.15, 0.2) is 35.4 Å². The molecule has 1 atom stereocenters. The van der Waals surface area contributed by atoms with Crippen molar-refractivity contribution >= 4 is 33.9 Å². The van der Waals surface area contributed by atoms with Gasteiger partial charge in [0.05, 0.1) is 5.01 Å². The second-order valence-electron chi connectivity index (χ2n) is 4.69. The van der Waals surface area contributed by atoms with Crippen LogP contribution in [0.3, 0.4) is 0 Å². The van der Waals surface area contributed by atoms with Crippen LogP contribution in [0.4, 0.5) is 10.5 Å². The summed E-state index contributed by atoms with van der Waals surface area (Å²) in [5.41, 5.74) is 0.632. The van der Waals surface area contributed by atoms with E-state index in [2.05, 4.69) is 22.5 Å². The van der Waals surface area contributed by atoms with Gasteiger partial charge < -0.3 is 10.6 Å². The Hall–Kier alpha value is -1.73. The molecule has 1 heterocycles. The van der Waals surface area contributed by atoms with Crippen LogP contribution >= 0.6 is 11.3 Å². The Morgan fingerprint density at radius 1 is 1.41 bits per heavy atom. The van der Waals surface area contributed by atoms with Crippen molar-refractivity contribution < 1.29 is 9.00 Å². The van der Waals surface area contributed by atoms with Gasteiger partial charge in [-0.3, -0.25) is 4.21 Å². The molecule has 0 bridgehead atoms. The third kappa shape index (κ3) is 4.92. The minimum atomic E-state index is -1.06.